The highest BCUT2D eigenvalue weighted by atomic mass is 127. The normalized spacial score (nSPS) is 10.8. The number of aromatic nitrogens is 1. The smallest absolute Gasteiger partial charge is 0.204 e. The molecule has 0 bridgehead atoms. The molecule has 5 nitrogen and oxygen atoms in total. The minimum absolute atomic E-state index is 0.193. The van der Waals surface area contributed by atoms with E-state index in [9.17, 15) is 0 Å². The largest absolute Gasteiger partial charge is 0.493 e. The molecule has 0 fully saturated rings. The first-order valence-electron chi connectivity index (χ1n) is 7.29. The summed E-state index contributed by atoms with van der Waals surface area (Å²) in [5.74, 6) is 3.70. The van der Waals surface area contributed by atoms with Crippen molar-refractivity contribution in [3.05, 3.63) is 45.5 Å². The molecule has 0 atom stereocenters. The zero-order chi connectivity index (χ0) is 17.6. The molecule has 25 heavy (non-hydrogen) atoms. The van der Waals surface area contributed by atoms with Crippen molar-refractivity contribution in [2.75, 3.05) is 19.1 Å². The van der Waals surface area contributed by atoms with Gasteiger partial charge >= 0.3 is 0 Å². The summed E-state index contributed by atoms with van der Waals surface area (Å²) >= 11 is 3.74. The fourth-order valence-electron chi connectivity index (χ4n) is 2.15. The van der Waals surface area contributed by atoms with Crippen LogP contribution in [0.2, 0.25) is 0 Å². The van der Waals surface area contributed by atoms with E-state index in [1.807, 2.05) is 36.4 Å². The van der Waals surface area contributed by atoms with Crippen LogP contribution in [-0.2, 0) is 0 Å². The second-order valence-electron chi connectivity index (χ2n) is 4.88. The molecule has 0 saturated carbocycles. The Hall–Kier alpha value is -2.31. The highest BCUT2D eigenvalue weighted by Crippen LogP contribution is 2.33. The predicted molar refractivity (Wildman–Crippen MR) is 111 cm³/mol. The van der Waals surface area contributed by atoms with E-state index in [-0.39, 0.29) is 6.61 Å². The molecule has 1 heterocycles. The molecule has 0 radical (unpaired) electrons. The molecule has 3 aromatic rings. The van der Waals surface area contributed by atoms with Gasteiger partial charge in [0.2, 0.25) is 5.13 Å². The summed E-state index contributed by atoms with van der Waals surface area (Å²) in [5.41, 5.74) is 4.80. The Morgan fingerprint density at radius 3 is 3.00 bits per heavy atom. The number of rotatable bonds is 6. The van der Waals surface area contributed by atoms with Crippen LogP contribution in [0.25, 0.3) is 10.2 Å². The summed E-state index contributed by atoms with van der Waals surface area (Å²) in [6.07, 6.45) is 6.95. The lowest BCUT2D eigenvalue weighted by Crippen LogP contribution is -2.00. The SMILES string of the molecule is C#CCOc1c(I)cc(/C=N/Nc2nc3ccccc3s2)cc1OC. The second-order valence-corrected chi connectivity index (χ2v) is 7.08. The van der Waals surface area contributed by atoms with E-state index in [2.05, 4.69) is 44.0 Å². The van der Waals surface area contributed by atoms with Gasteiger partial charge < -0.3 is 9.47 Å². The second kappa shape index (κ2) is 8.18. The zero-order valence-electron chi connectivity index (χ0n) is 13.3. The zero-order valence-corrected chi connectivity index (χ0v) is 16.3. The van der Waals surface area contributed by atoms with E-state index in [1.54, 1.807) is 24.7 Å². The van der Waals surface area contributed by atoms with Gasteiger partial charge in [0.15, 0.2) is 11.5 Å². The molecule has 0 spiro atoms. The maximum atomic E-state index is 5.53. The number of methoxy groups -OCH3 is 1. The number of fused-ring (bicyclic) bond motifs is 1. The van der Waals surface area contributed by atoms with Crippen molar-refractivity contribution < 1.29 is 9.47 Å². The van der Waals surface area contributed by atoms with Crippen molar-refractivity contribution in [2.24, 2.45) is 5.10 Å². The summed E-state index contributed by atoms with van der Waals surface area (Å²) in [4.78, 5) is 4.47. The van der Waals surface area contributed by atoms with Crippen molar-refractivity contribution in [3.8, 4) is 23.8 Å². The van der Waals surface area contributed by atoms with Gasteiger partial charge in [-0.2, -0.15) is 5.10 Å². The predicted octanol–water partition coefficient (Wildman–Crippen LogP) is 4.37. The van der Waals surface area contributed by atoms with Crippen LogP contribution in [0.3, 0.4) is 0 Å². The number of hydrazone groups is 1. The summed E-state index contributed by atoms with van der Waals surface area (Å²) in [6.45, 7) is 0.193. The minimum Gasteiger partial charge on any atom is -0.493 e. The number of nitrogens with one attached hydrogen (secondary N) is 1. The highest BCUT2D eigenvalue weighted by molar-refractivity contribution is 14.1. The van der Waals surface area contributed by atoms with Gasteiger partial charge in [0.1, 0.15) is 6.61 Å². The Morgan fingerprint density at radius 2 is 2.24 bits per heavy atom. The molecule has 1 aromatic heterocycles. The molecule has 2 aromatic carbocycles. The third-order valence-electron chi connectivity index (χ3n) is 3.22. The van der Waals surface area contributed by atoms with E-state index in [1.165, 1.54) is 0 Å². The van der Waals surface area contributed by atoms with Crippen LogP contribution in [0, 0.1) is 15.9 Å². The van der Waals surface area contributed by atoms with Gasteiger partial charge in [-0.15, -0.1) is 6.42 Å². The average molecular weight is 463 g/mol. The van der Waals surface area contributed by atoms with Gasteiger partial charge in [0, 0.05) is 0 Å². The third-order valence-corrected chi connectivity index (χ3v) is 4.96. The number of ether oxygens (including phenoxy) is 2. The van der Waals surface area contributed by atoms with Crippen molar-refractivity contribution >= 4 is 55.5 Å². The van der Waals surface area contributed by atoms with Crippen molar-refractivity contribution in [3.63, 3.8) is 0 Å². The van der Waals surface area contributed by atoms with Crippen LogP contribution >= 0.6 is 33.9 Å². The van der Waals surface area contributed by atoms with Gasteiger partial charge in [0.25, 0.3) is 0 Å². The summed E-state index contributed by atoms with van der Waals surface area (Å²) in [5, 5.41) is 5.00. The van der Waals surface area contributed by atoms with E-state index < -0.39 is 0 Å². The van der Waals surface area contributed by atoms with Gasteiger partial charge in [-0.1, -0.05) is 29.4 Å². The number of hydrogen-bond donors (Lipinski definition) is 1. The number of anilines is 1. The molecule has 3 rings (SSSR count). The van der Waals surface area contributed by atoms with Crippen LogP contribution < -0.4 is 14.9 Å². The topological polar surface area (TPSA) is 55.7 Å². The maximum Gasteiger partial charge on any atom is 0.204 e. The summed E-state index contributed by atoms with van der Waals surface area (Å²) in [6, 6.07) is 11.8. The van der Waals surface area contributed by atoms with Gasteiger partial charge in [-0.3, -0.25) is 5.43 Å². The van der Waals surface area contributed by atoms with Crippen LogP contribution in [0.4, 0.5) is 5.13 Å². The van der Waals surface area contributed by atoms with Crippen molar-refractivity contribution in [1.29, 1.82) is 0 Å². The van der Waals surface area contributed by atoms with Crippen molar-refractivity contribution in [2.45, 2.75) is 0 Å². The van der Waals surface area contributed by atoms with E-state index in [0.29, 0.717) is 11.5 Å². The number of nitrogens with zero attached hydrogens (tertiary/aromatic N) is 2. The molecule has 126 valence electrons. The lowest BCUT2D eigenvalue weighted by Gasteiger charge is -2.11. The lowest BCUT2D eigenvalue weighted by atomic mass is 10.2. The quantitative estimate of drug-likeness (QED) is 0.256. The fraction of sp³-hybridized carbons (Fsp3) is 0.111. The first kappa shape index (κ1) is 17.5. The van der Waals surface area contributed by atoms with Crippen molar-refractivity contribution in [1.82, 2.24) is 4.98 Å². The minimum atomic E-state index is 0.193. The maximum absolute atomic E-state index is 5.53. The lowest BCUT2D eigenvalue weighted by molar-refractivity contribution is 0.328. The Kier molecular flexibility index (Phi) is 5.73. The third kappa shape index (κ3) is 4.21. The van der Waals surface area contributed by atoms with Gasteiger partial charge in [0.05, 0.1) is 27.1 Å². The Morgan fingerprint density at radius 1 is 1.40 bits per heavy atom. The number of halogens is 1. The molecule has 0 aliphatic heterocycles. The van der Waals surface area contributed by atoms with Gasteiger partial charge in [-0.05, 0) is 52.4 Å². The molecular formula is C18H14IN3O2S. The molecule has 0 aliphatic carbocycles. The summed E-state index contributed by atoms with van der Waals surface area (Å²) < 4.78 is 12.9. The van der Waals surface area contributed by atoms with Crippen LogP contribution in [0.5, 0.6) is 11.5 Å². The average Bonchev–Trinajstić information content (AvgIpc) is 3.03. The number of para-hydroxylation sites is 1. The molecule has 0 unspecified atom stereocenters. The molecule has 0 amide bonds. The highest BCUT2D eigenvalue weighted by Gasteiger charge is 2.10. The molecule has 7 heteroatoms. The standard InChI is InChI=1S/C18H14IN3O2S/c1-3-8-24-17-13(19)9-12(10-15(17)23-2)11-20-22-18-21-14-6-4-5-7-16(14)25-18/h1,4-7,9-11H,8H2,2H3,(H,21,22)/b20-11+. The van der Waals surface area contributed by atoms with Gasteiger partial charge in [-0.25, -0.2) is 4.98 Å². The Balaban J connectivity index is 1.76. The molecule has 0 aliphatic rings. The number of benzene rings is 2. The Bertz CT molecular complexity index is 930. The van der Waals surface area contributed by atoms with E-state index >= 15 is 0 Å². The summed E-state index contributed by atoms with van der Waals surface area (Å²) in [7, 11) is 1.59. The Labute approximate surface area is 163 Å². The number of terminal acetylenes is 1. The monoisotopic (exact) mass is 463 g/mol. The van der Waals surface area contributed by atoms with E-state index in [4.69, 9.17) is 15.9 Å². The number of hydrogen-bond acceptors (Lipinski definition) is 6. The van der Waals surface area contributed by atoms with Crippen LogP contribution in [0.1, 0.15) is 5.56 Å². The molecular weight excluding hydrogens is 449 g/mol. The molecule has 1 N–H and O–H groups in total. The van der Waals surface area contributed by atoms with Crippen LogP contribution in [-0.4, -0.2) is 24.9 Å². The first-order valence-corrected chi connectivity index (χ1v) is 9.19. The van der Waals surface area contributed by atoms with E-state index in [0.717, 1.165) is 24.5 Å². The molecule has 0 saturated heterocycles. The first-order chi connectivity index (χ1) is 12.2. The van der Waals surface area contributed by atoms with Crippen LogP contribution in [0.15, 0.2) is 41.5 Å². The fourth-order valence-corrected chi connectivity index (χ4v) is 3.75. The number of thiazole rings is 1.